The molecule has 0 spiro atoms. The zero-order chi connectivity index (χ0) is 11.4. The number of hydrogen-bond donors (Lipinski definition) is 1. The monoisotopic (exact) mass is 311 g/mol. The minimum Gasteiger partial charge on any atom is -0.466 e. The summed E-state index contributed by atoms with van der Waals surface area (Å²) in [6.45, 7) is 2.14. The Bertz CT molecular complexity index is 336. The summed E-state index contributed by atoms with van der Waals surface area (Å²) >= 11 is 10.5. The van der Waals surface area contributed by atoms with Gasteiger partial charge in [0.1, 0.15) is 4.34 Å². The van der Waals surface area contributed by atoms with Gasteiger partial charge in [-0.25, -0.2) is 0 Å². The van der Waals surface area contributed by atoms with E-state index in [1.807, 2.05) is 6.07 Å². The summed E-state index contributed by atoms with van der Waals surface area (Å²) in [6.07, 6.45) is 0.178. The second-order valence-corrected chi connectivity index (χ2v) is 5.43. The van der Waals surface area contributed by atoms with Crippen LogP contribution in [0, 0.1) is 0 Å². The summed E-state index contributed by atoms with van der Waals surface area (Å²) < 4.78 is 6.26. The first-order valence-corrected chi connectivity index (χ1v) is 6.39. The first kappa shape index (κ1) is 13.0. The maximum Gasteiger partial charge on any atom is 0.307 e. The van der Waals surface area contributed by atoms with Crippen molar-refractivity contribution in [2.45, 2.75) is 19.4 Å². The van der Waals surface area contributed by atoms with Gasteiger partial charge < -0.3 is 10.5 Å². The fraction of sp³-hybridized carbons (Fsp3) is 0.444. The molecule has 1 aromatic heterocycles. The SMILES string of the molecule is CCOC(=O)C[C@H](N)c1cc(Br)c(Cl)s1. The van der Waals surface area contributed by atoms with Crippen LogP contribution in [0.2, 0.25) is 4.34 Å². The van der Waals surface area contributed by atoms with Crippen molar-refractivity contribution < 1.29 is 9.53 Å². The van der Waals surface area contributed by atoms with Gasteiger partial charge in [0.05, 0.1) is 13.0 Å². The van der Waals surface area contributed by atoms with E-state index in [1.165, 1.54) is 11.3 Å². The first-order valence-electron chi connectivity index (χ1n) is 4.40. The average molecular weight is 313 g/mol. The van der Waals surface area contributed by atoms with Crippen LogP contribution in [0.3, 0.4) is 0 Å². The van der Waals surface area contributed by atoms with Crippen molar-refractivity contribution in [1.29, 1.82) is 0 Å². The standard InChI is InChI=1S/C9H11BrClNO2S/c1-2-14-8(13)4-6(12)7-3-5(10)9(11)15-7/h3,6H,2,4,12H2,1H3/t6-/m0/s1. The van der Waals surface area contributed by atoms with Gasteiger partial charge in [0, 0.05) is 15.4 Å². The summed E-state index contributed by atoms with van der Waals surface area (Å²) in [7, 11) is 0. The lowest BCUT2D eigenvalue weighted by Crippen LogP contribution is -2.16. The fourth-order valence-corrected chi connectivity index (χ4v) is 2.78. The molecule has 1 heterocycles. The molecule has 1 atom stereocenters. The molecule has 0 aliphatic carbocycles. The lowest BCUT2D eigenvalue weighted by atomic mass is 10.2. The Morgan fingerprint density at radius 1 is 1.80 bits per heavy atom. The van der Waals surface area contributed by atoms with Crippen molar-refractivity contribution in [2.24, 2.45) is 5.73 Å². The highest BCUT2D eigenvalue weighted by Crippen LogP contribution is 2.35. The highest BCUT2D eigenvalue weighted by atomic mass is 79.9. The second kappa shape index (κ2) is 5.84. The van der Waals surface area contributed by atoms with E-state index in [0.717, 1.165) is 9.35 Å². The number of rotatable bonds is 4. The van der Waals surface area contributed by atoms with Crippen LogP contribution in [0.5, 0.6) is 0 Å². The number of thiophene rings is 1. The van der Waals surface area contributed by atoms with Gasteiger partial charge in [-0.2, -0.15) is 0 Å². The fourth-order valence-electron chi connectivity index (χ4n) is 1.05. The van der Waals surface area contributed by atoms with E-state index in [1.54, 1.807) is 6.92 Å². The Morgan fingerprint density at radius 3 is 2.93 bits per heavy atom. The third kappa shape index (κ3) is 3.75. The van der Waals surface area contributed by atoms with Crippen LogP contribution in [0.1, 0.15) is 24.3 Å². The Morgan fingerprint density at radius 2 is 2.47 bits per heavy atom. The van der Waals surface area contributed by atoms with E-state index < -0.39 is 0 Å². The molecule has 15 heavy (non-hydrogen) atoms. The van der Waals surface area contributed by atoms with Crippen molar-refractivity contribution in [3.63, 3.8) is 0 Å². The van der Waals surface area contributed by atoms with Crippen molar-refractivity contribution >= 4 is 44.8 Å². The summed E-state index contributed by atoms with van der Waals surface area (Å²) in [5.74, 6) is -0.286. The molecule has 1 rings (SSSR count). The molecule has 0 radical (unpaired) electrons. The molecular formula is C9H11BrClNO2S. The summed E-state index contributed by atoms with van der Waals surface area (Å²) in [5, 5.41) is 0. The van der Waals surface area contributed by atoms with Gasteiger partial charge in [-0.15, -0.1) is 11.3 Å². The molecule has 6 heteroatoms. The molecule has 0 unspecified atom stereocenters. The van der Waals surface area contributed by atoms with Gasteiger partial charge in [0.15, 0.2) is 0 Å². The smallest absolute Gasteiger partial charge is 0.307 e. The third-order valence-corrected chi connectivity index (χ3v) is 4.33. The first-order chi connectivity index (χ1) is 7.04. The lowest BCUT2D eigenvalue weighted by molar-refractivity contribution is -0.143. The Labute approximate surface area is 106 Å². The summed E-state index contributed by atoms with van der Waals surface area (Å²) in [6, 6.07) is 1.48. The lowest BCUT2D eigenvalue weighted by Gasteiger charge is -2.07. The molecule has 0 aliphatic heterocycles. The summed E-state index contributed by atoms with van der Waals surface area (Å²) in [4.78, 5) is 12.1. The van der Waals surface area contributed by atoms with E-state index in [4.69, 9.17) is 22.1 Å². The van der Waals surface area contributed by atoms with Crippen LogP contribution in [-0.2, 0) is 9.53 Å². The number of nitrogens with two attached hydrogens (primary N) is 1. The van der Waals surface area contributed by atoms with Crippen molar-refractivity contribution in [3.05, 3.63) is 19.8 Å². The van der Waals surface area contributed by atoms with Crippen LogP contribution in [0.15, 0.2) is 10.5 Å². The Balaban J connectivity index is 2.60. The minimum atomic E-state index is -0.349. The molecule has 0 saturated carbocycles. The Kier molecular flexibility index (Phi) is 5.05. The number of carbonyl (C=O) groups excluding carboxylic acids is 1. The van der Waals surface area contributed by atoms with Crippen LogP contribution >= 0.6 is 38.9 Å². The Hall–Kier alpha value is -0.100. The van der Waals surface area contributed by atoms with Gasteiger partial charge in [-0.1, -0.05) is 11.6 Å². The van der Waals surface area contributed by atoms with Gasteiger partial charge in [0.2, 0.25) is 0 Å². The summed E-state index contributed by atoms with van der Waals surface area (Å²) in [5.41, 5.74) is 5.84. The van der Waals surface area contributed by atoms with Crippen LogP contribution < -0.4 is 5.73 Å². The molecule has 2 N–H and O–H groups in total. The predicted octanol–water partition coefficient (Wildman–Crippen LogP) is 3.12. The van der Waals surface area contributed by atoms with Gasteiger partial charge in [0.25, 0.3) is 0 Å². The molecule has 84 valence electrons. The molecule has 0 fully saturated rings. The normalized spacial score (nSPS) is 12.5. The molecule has 0 aliphatic rings. The molecule has 0 amide bonds. The van der Waals surface area contributed by atoms with Crippen molar-refractivity contribution in [3.8, 4) is 0 Å². The van der Waals surface area contributed by atoms with Crippen LogP contribution in [-0.4, -0.2) is 12.6 Å². The number of esters is 1. The number of halogens is 2. The zero-order valence-corrected chi connectivity index (χ0v) is 11.3. The predicted molar refractivity (Wildman–Crippen MR) is 65.2 cm³/mol. The molecule has 1 aromatic rings. The topological polar surface area (TPSA) is 52.3 Å². The highest BCUT2D eigenvalue weighted by Gasteiger charge is 2.16. The van der Waals surface area contributed by atoms with Gasteiger partial charge in [-0.05, 0) is 28.9 Å². The zero-order valence-electron chi connectivity index (χ0n) is 8.13. The van der Waals surface area contributed by atoms with E-state index in [9.17, 15) is 4.79 Å². The van der Waals surface area contributed by atoms with Crippen LogP contribution in [0.4, 0.5) is 0 Å². The number of ether oxygens (including phenoxy) is 1. The third-order valence-electron chi connectivity index (χ3n) is 1.72. The molecule has 0 bridgehead atoms. The number of hydrogen-bond acceptors (Lipinski definition) is 4. The quantitative estimate of drug-likeness (QED) is 0.869. The van der Waals surface area contributed by atoms with E-state index >= 15 is 0 Å². The van der Waals surface area contributed by atoms with E-state index in [2.05, 4.69) is 15.9 Å². The van der Waals surface area contributed by atoms with Gasteiger partial charge >= 0.3 is 5.97 Å². The average Bonchev–Trinajstić information content (AvgIpc) is 2.47. The van der Waals surface area contributed by atoms with E-state index in [-0.39, 0.29) is 18.4 Å². The van der Waals surface area contributed by atoms with Gasteiger partial charge in [-0.3, -0.25) is 4.79 Å². The minimum absolute atomic E-state index is 0.178. The van der Waals surface area contributed by atoms with Crippen LogP contribution in [0.25, 0.3) is 0 Å². The largest absolute Gasteiger partial charge is 0.466 e. The second-order valence-electron chi connectivity index (χ2n) is 2.89. The van der Waals surface area contributed by atoms with Crippen molar-refractivity contribution in [1.82, 2.24) is 0 Å². The maximum absolute atomic E-state index is 11.2. The maximum atomic E-state index is 11.2. The highest BCUT2D eigenvalue weighted by molar-refractivity contribution is 9.10. The molecular weight excluding hydrogens is 302 g/mol. The number of carbonyl (C=O) groups is 1. The molecule has 3 nitrogen and oxygen atoms in total. The molecule has 0 aromatic carbocycles. The van der Waals surface area contributed by atoms with Crippen molar-refractivity contribution in [2.75, 3.05) is 6.61 Å². The van der Waals surface area contributed by atoms with E-state index in [0.29, 0.717) is 10.9 Å². The molecule has 0 saturated heterocycles.